The molecule has 3 aromatic carbocycles. The van der Waals surface area contributed by atoms with E-state index in [1.807, 2.05) is 19.9 Å². The van der Waals surface area contributed by atoms with E-state index in [0.717, 1.165) is 5.56 Å². The molecule has 0 radical (unpaired) electrons. The fourth-order valence-corrected chi connectivity index (χ4v) is 3.66. The number of carbonyl (C=O) groups is 1. The van der Waals surface area contributed by atoms with Crippen LogP contribution in [0.4, 0.5) is 11.4 Å². The van der Waals surface area contributed by atoms with E-state index in [4.69, 9.17) is 14.2 Å². The number of carbonyl (C=O) groups excluding carboxylic acids is 1. The summed E-state index contributed by atoms with van der Waals surface area (Å²) in [6.45, 7) is 4.76. The van der Waals surface area contributed by atoms with Crippen molar-refractivity contribution in [3.8, 4) is 23.3 Å². The number of ether oxygens (including phenoxy) is 3. The summed E-state index contributed by atoms with van der Waals surface area (Å²) in [6.07, 6.45) is 1.45. The largest absolute Gasteiger partial charge is 0.494 e. The maximum Gasteiger partial charge on any atom is 0.269 e. The number of benzene rings is 3. The summed E-state index contributed by atoms with van der Waals surface area (Å²) in [6, 6.07) is 18.2. The van der Waals surface area contributed by atoms with Crippen LogP contribution in [0.3, 0.4) is 0 Å². The normalized spacial score (nSPS) is 10.8. The monoisotopic (exact) mass is 565 g/mol. The Kier molecular flexibility index (Phi) is 9.63. The molecule has 190 valence electrons. The molecule has 0 spiro atoms. The van der Waals surface area contributed by atoms with Crippen molar-refractivity contribution in [2.24, 2.45) is 0 Å². The van der Waals surface area contributed by atoms with E-state index < -0.39 is 10.8 Å². The molecule has 0 aliphatic rings. The number of nitro groups is 1. The van der Waals surface area contributed by atoms with Gasteiger partial charge in [0.05, 0.1) is 18.1 Å². The highest BCUT2D eigenvalue weighted by molar-refractivity contribution is 9.10. The molecule has 0 atom stereocenters. The Morgan fingerprint density at radius 2 is 1.68 bits per heavy atom. The maximum atomic E-state index is 12.7. The van der Waals surface area contributed by atoms with Gasteiger partial charge in [0.25, 0.3) is 11.6 Å². The molecular weight excluding hydrogens is 542 g/mol. The van der Waals surface area contributed by atoms with E-state index >= 15 is 0 Å². The zero-order valence-corrected chi connectivity index (χ0v) is 21.8. The molecule has 0 fully saturated rings. The predicted molar refractivity (Wildman–Crippen MR) is 143 cm³/mol. The number of rotatable bonds is 11. The van der Waals surface area contributed by atoms with Crippen LogP contribution in [0.2, 0.25) is 0 Å². The number of nitriles is 1. The average Bonchev–Trinajstić information content (AvgIpc) is 2.89. The third-order valence-corrected chi connectivity index (χ3v) is 5.68. The molecule has 0 unspecified atom stereocenters. The third-order valence-electron chi connectivity index (χ3n) is 4.99. The minimum Gasteiger partial charge on any atom is -0.494 e. The van der Waals surface area contributed by atoms with E-state index in [-0.39, 0.29) is 17.9 Å². The van der Waals surface area contributed by atoms with Crippen molar-refractivity contribution in [3.05, 3.63) is 92.0 Å². The predicted octanol–water partition coefficient (Wildman–Crippen LogP) is 6.28. The zero-order valence-electron chi connectivity index (χ0n) is 20.2. The molecule has 37 heavy (non-hydrogen) atoms. The lowest BCUT2D eigenvalue weighted by molar-refractivity contribution is -0.384. The van der Waals surface area contributed by atoms with Gasteiger partial charge in [-0.1, -0.05) is 15.9 Å². The fraction of sp³-hybridized carbons (Fsp3) is 0.185. The van der Waals surface area contributed by atoms with Gasteiger partial charge in [-0.05, 0) is 79.6 Å². The van der Waals surface area contributed by atoms with E-state index in [9.17, 15) is 20.2 Å². The highest BCUT2D eigenvalue weighted by Gasteiger charge is 2.15. The Hall–Kier alpha value is -4.36. The first-order chi connectivity index (χ1) is 17.8. The van der Waals surface area contributed by atoms with Gasteiger partial charge >= 0.3 is 0 Å². The molecule has 0 heterocycles. The molecule has 0 saturated carbocycles. The molecule has 1 N–H and O–H groups in total. The van der Waals surface area contributed by atoms with Crippen LogP contribution in [-0.2, 0) is 11.4 Å². The molecule has 0 bridgehead atoms. The second-order valence-corrected chi connectivity index (χ2v) is 8.40. The number of amides is 1. The Bertz CT molecular complexity index is 1330. The molecule has 0 saturated heterocycles. The van der Waals surface area contributed by atoms with Gasteiger partial charge in [0, 0.05) is 22.3 Å². The first-order valence-corrected chi connectivity index (χ1v) is 12.1. The number of hydrogen-bond acceptors (Lipinski definition) is 7. The quantitative estimate of drug-likeness (QED) is 0.125. The molecule has 3 aromatic rings. The number of nitrogens with zero attached hydrogens (tertiary/aromatic N) is 2. The van der Waals surface area contributed by atoms with Gasteiger partial charge in [-0.25, -0.2) is 0 Å². The average molecular weight is 566 g/mol. The van der Waals surface area contributed by atoms with Crippen molar-refractivity contribution in [2.75, 3.05) is 18.5 Å². The zero-order chi connectivity index (χ0) is 26.8. The van der Waals surface area contributed by atoms with Crippen molar-refractivity contribution in [1.82, 2.24) is 0 Å². The van der Waals surface area contributed by atoms with Gasteiger partial charge in [0.1, 0.15) is 24.0 Å². The van der Waals surface area contributed by atoms with E-state index in [1.165, 1.54) is 18.2 Å². The van der Waals surface area contributed by atoms with Crippen LogP contribution in [0.25, 0.3) is 6.08 Å². The molecule has 9 nitrogen and oxygen atoms in total. The van der Waals surface area contributed by atoms with Crippen molar-refractivity contribution < 1.29 is 23.9 Å². The summed E-state index contributed by atoms with van der Waals surface area (Å²) >= 11 is 3.47. The second kappa shape index (κ2) is 13.1. The Balaban J connectivity index is 1.79. The van der Waals surface area contributed by atoms with Crippen molar-refractivity contribution >= 4 is 39.3 Å². The highest BCUT2D eigenvalue weighted by Crippen LogP contribution is 2.35. The van der Waals surface area contributed by atoms with Gasteiger partial charge in [-0.15, -0.1) is 0 Å². The molecule has 1 amide bonds. The fourth-order valence-electron chi connectivity index (χ4n) is 3.22. The van der Waals surface area contributed by atoms with Gasteiger partial charge < -0.3 is 19.5 Å². The summed E-state index contributed by atoms with van der Waals surface area (Å²) in [7, 11) is 0. The van der Waals surface area contributed by atoms with E-state index in [0.29, 0.717) is 46.2 Å². The lowest BCUT2D eigenvalue weighted by Gasteiger charge is -2.14. The van der Waals surface area contributed by atoms with Crippen LogP contribution in [0, 0.1) is 21.4 Å². The number of nitrogens with one attached hydrogen (secondary N) is 1. The number of hydrogen-bond donors (Lipinski definition) is 1. The van der Waals surface area contributed by atoms with Crippen LogP contribution < -0.4 is 19.5 Å². The SMILES string of the molecule is CCOc1ccc(NC(=O)/C(C#N)=C/c2cc(OCC)c(OCc3ccc([N+](=O)[O-])cc3)cc2Br)cc1. The summed E-state index contributed by atoms with van der Waals surface area (Å²) in [5, 5.41) is 23.2. The summed E-state index contributed by atoms with van der Waals surface area (Å²) in [4.78, 5) is 23.1. The summed E-state index contributed by atoms with van der Waals surface area (Å²) in [5.74, 6) is 0.972. The number of halogens is 1. The lowest BCUT2D eigenvalue weighted by Crippen LogP contribution is -2.13. The first kappa shape index (κ1) is 27.2. The number of anilines is 1. The number of nitro benzene ring substituents is 1. The van der Waals surface area contributed by atoms with Crippen LogP contribution in [0.15, 0.2) is 70.7 Å². The summed E-state index contributed by atoms with van der Waals surface area (Å²) < 4.78 is 17.6. The minimum absolute atomic E-state index is 0.00232. The second-order valence-electron chi connectivity index (χ2n) is 7.55. The van der Waals surface area contributed by atoms with Gasteiger partial charge in [-0.3, -0.25) is 14.9 Å². The van der Waals surface area contributed by atoms with Crippen molar-refractivity contribution in [2.45, 2.75) is 20.5 Å². The van der Waals surface area contributed by atoms with Crippen molar-refractivity contribution in [1.29, 1.82) is 5.26 Å². The van der Waals surface area contributed by atoms with Gasteiger partial charge in [0.2, 0.25) is 0 Å². The topological polar surface area (TPSA) is 124 Å². The van der Waals surface area contributed by atoms with Crippen LogP contribution >= 0.6 is 15.9 Å². The Labute approximate surface area is 222 Å². The van der Waals surface area contributed by atoms with Gasteiger partial charge in [0.15, 0.2) is 11.5 Å². The van der Waals surface area contributed by atoms with E-state index in [1.54, 1.807) is 48.5 Å². The summed E-state index contributed by atoms with van der Waals surface area (Å²) in [5.41, 5.74) is 1.71. The minimum atomic E-state index is -0.560. The highest BCUT2D eigenvalue weighted by atomic mass is 79.9. The smallest absolute Gasteiger partial charge is 0.269 e. The lowest BCUT2D eigenvalue weighted by atomic mass is 10.1. The standard InChI is InChI=1S/C27H24BrN3O6/c1-3-35-23-11-7-21(8-12-23)30-27(32)20(16-29)13-19-14-25(36-4-2)26(15-24(19)28)37-17-18-5-9-22(10-6-18)31(33)34/h5-15H,3-4,17H2,1-2H3,(H,30,32)/b20-13+. The van der Waals surface area contributed by atoms with Crippen LogP contribution in [0.1, 0.15) is 25.0 Å². The number of non-ortho nitro benzene ring substituents is 1. The maximum absolute atomic E-state index is 12.7. The Morgan fingerprint density at radius 3 is 2.27 bits per heavy atom. The molecule has 0 aliphatic carbocycles. The first-order valence-electron chi connectivity index (χ1n) is 11.3. The van der Waals surface area contributed by atoms with Crippen LogP contribution in [0.5, 0.6) is 17.2 Å². The molecular formula is C27H24BrN3O6. The molecule has 3 rings (SSSR count). The molecule has 0 aliphatic heterocycles. The van der Waals surface area contributed by atoms with Crippen molar-refractivity contribution in [3.63, 3.8) is 0 Å². The molecule has 0 aromatic heterocycles. The Morgan fingerprint density at radius 1 is 1.03 bits per heavy atom. The van der Waals surface area contributed by atoms with E-state index in [2.05, 4.69) is 21.2 Å². The van der Waals surface area contributed by atoms with Gasteiger partial charge in [-0.2, -0.15) is 5.26 Å². The third kappa shape index (κ3) is 7.56. The molecule has 10 heteroatoms. The van der Waals surface area contributed by atoms with Crippen LogP contribution in [-0.4, -0.2) is 24.0 Å².